The fraction of sp³-hybridized carbons (Fsp3) is 0.550. The van der Waals surface area contributed by atoms with Crippen molar-refractivity contribution >= 4 is 17.3 Å². The minimum absolute atomic E-state index is 0.166. The molecule has 2 aromatic rings. The van der Waals surface area contributed by atoms with Gasteiger partial charge in [-0.2, -0.15) is 5.10 Å². The Labute approximate surface area is 166 Å². The number of nitrogens with one attached hydrogen (secondary N) is 1. The van der Waals surface area contributed by atoms with Gasteiger partial charge in [0.1, 0.15) is 5.02 Å². The molecule has 148 valence electrons. The first-order valence-corrected chi connectivity index (χ1v) is 9.99. The van der Waals surface area contributed by atoms with Crippen LogP contribution in [0.2, 0.25) is 5.02 Å². The summed E-state index contributed by atoms with van der Waals surface area (Å²) in [6.45, 7) is 8.54. The van der Waals surface area contributed by atoms with E-state index in [9.17, 15) is 4.79 Å². The van der Waals surface area contributed by atoms with Crippen LogP contribution in [0.15, 0.2) is 29.3 Å². The summed E-state index contributed by atoms with van der Waals surface area (Å²) < 4.78 is 0. The van der Waals surface area contributed by atoms with Crippen LogP contribution >= 0.6 is 11.6 Å². The minimum atomic E-state index is -0.376. The van der Waals surface area contributed by atoms with Crippen molar-refractivity contribution in [3.63, 3.8) is 0 Å². The number of hydrogen-bond acceptors (Lipinski definition) is 5. The monoisotopic (exact) mass is 391 g/mol. The average molecular weight is 392 g/mol. The first kappa shape index (κ1) is 21.4. The summed E-state index contributed by atoms with van der Waals surface area (Å²) in [5.41, 5.74) is 8.55. The van der Waals surface area contributed by atoms with Crippen LogP contribution in [0.5, 0.6) is 0 Å². The number of aromatic amines is 1. The number of aromatic nitrogens is 3. The predicted octanol–water partition coefficient (Wildman–Crippen LogP) is 3.37. The van der Waals surface area contributed by atoms with E-state index in [2.05, 4.69) is 42.0 Å². The number of pyridine rings is 1. The molecule has 0 spiro atoms. The topological polar surface area (TPSA) is 87.9 Å². The van der Waals surface area contributed by atoms with Crippen LogP contribution in [-0.4, -0.2) is 34.8 Å². The lowest BCUT2D eigenvalue weighted by molar-refractivity contribution is 0.450. The van der Waals surface area contributed by atoms with Gasteiger partial charge in [-0.3, -0.25) is 9.78 Å². The Balaban J connectivity index is 2.12. The van der Waals surface area contributed by atoms with Gasteiger partial charge in [0.25, 0.3) is 5.56 Å². The van der Waals surface area contributed by atoms with Gasteiger partial charge in [-0.25, -0.2) is 5.10 Å². The van der Waals surface area contributed by atoms with Crippen molar-refractivity contribution in [3.8, 4) is 0 Å². The van der Waals surface area contributed by atoms with Gasteiger partial charge < -0.3 is 10.6 Å². The fourth-order valence-electron chi connectivity index (χ4n) is 3.54. The quantitative estimate of drug-likeness (QED) is 0.648. The van der Waals surface area contributed by atoms with Crippen molar-refractivity contribution in [1.82, 2.24) is 15.2 Å². The summed E-state index contributed by atoms with van der Waals surface area (Å²) in [4.78, 5) is 18.4. The summed E-state index contributed by atoms with van der Waals surface area (Å²) >= 11 is 6.18. The largest absolute Gasteiger partial charge is 0.368 e. The van der Waals surface area contributed by atoms with Crippen LogP contribution in [0.3, 0.4) is 0 Å². The van der Waals surface area contributed by atoms with E-state index in [-0.39, 0.29) is 10.6 Å². The molecule has 0 unspecified atom stereocenters. The minimum Gasteiger partial charge on any atom is -0.368 e. The van der Waals surface area contributed by atoms with Crippen molar-refractivity contribution < 1.29 is 0 Å². The maximum absolute atomic E-state index is 11.8. The third-order valence-electron chi connectivity index (χ3n) is 4.92. The SMILES string of the molecule is CCc1ncccc1[C@H](CCCN(CCN)c1cn[nH]c(=O)c1Cl)C(C)C. The molecule has 0 aliphatic heterocycles. The second-order valence-electron chi connectivity index (χ2n) is 7.06. The van der Waals surface area contributed by atoms with Crippen LogP contribution in [-0.2, 0) is 6.42 Å². The zero-order chi connectivity index (χ0) is 19.8. The number of aryl methyl sites for hydroxylation is 1. The molecule has 7 heteroatoms. The van der Waals surface area contributed by atoms with Crippen molar-refractivity contribution in [1.29, 1.82) is 0 Å². The Morgan fingerprint density at radius 1 is 1.33 bits per heavy atom. The highest BCUT2D eigenvalue weighted by Gasteiger charge is 2.20. The lowest BCUT2D eigenvalue weighted by atomic mass is 9.83. The smallest absolute Gasteiger partial charge is 0.285 e. The van der Waals surface area contributed by atoms with Gasteiger partial charge >= 0.3 is 0 Å². The molecular weight excluding hydrogens is 362 g/mol. The van der Waals surface area contributed by atoms with Gasteiger partial charge in [-0.1, -0.05) is 38.4 Å². The van der Waals surface area contributed by atoms with E-state index in [1.807, 2.05) is 17.2 Å². The van der Waals surface area contributed by atoms with Crippen molar-refractivity contribution in [2.75, 3.05) is 24.5 Å². The van der Waals surface area contributed by atoms with Gasteiger partial charge in [0.2, 0.25) is 0 Å². The molecule has 0 aliphatic rings. The second kappa shape index (κ2) is 10.4. The van der Waals surface area contributed by atoms with Crippen molar-refractivity contribution in [3.05, 3.63) is 51.2 Å². The molecule has 0 saturated heterocycles. The lowest BCUT2D eigenvalue weighted by Gasteiger charge is -2.27. The molecule has 2 heterocycles. The van der Waals surface area contributed by atoms with Gasteiger partial charge in [0, 0.05) is 31.5 Å². The number of nitrogens with zero attached hydrogens (tertiary/aromatic N) is 3. The molecule has 0 aromatic carbocycles. The van der Waals surface area contributed by atoms with Gasteiger partial charge in [-0.05, 0) is 42.7 Å². The number of H-pyrrole nitrogens is 1. The Hall–Kier alpha value is -1.92. The standard InChI is InChI=1S/C20H30ClN5O/c1-4-17-16(7-5-10-23-17)15(14(2)3)8-6-11-26(12-9-22)18-13-24-25-20(27)19(18)21/h5,7,10,13-15H,4,6,8-9,11-12,22H2,1-3H3,(H,25,27)/t15-/m1/s1. The molecular formula is C20H30ClN5O. The highest BCUT2D eigenvalue weighted by molar-refractivity contribution is 6.32. The molecule has 2 rings (SSSR count). The number of hydrogen-bond donors (Lipinski definition) is 2. The summed E-state index contributed by atoms with van der Waals surface area (Å²) in [6.07, 6.45) is 6.39. The molecule has 0 fully saturated rings. The normalized spacial score (nSPS) is 12.4. The van der Waals surface area contributed by atoms with Gasteiger partial charge in [0.05, 0.1) is 11.9 Å². The Morgan fingerprint density at radius 3 is 2.78 bits per heavy atom. The molecule has 2 aromatic heterocycles. The third kappa shape index (κ3) is 5.53. The fourth-order valence-corrected chi connectivity index (χ4v) is 3.75. The summed E-state index contributed by atoms with van der Waals surface area (Å²) in [6, 6.07) is 4.22. The molecule has 0 saturated carbocycles. The van der Waals surface area contributed by atoms with E-state index in [4.69, 9.17) is 17.3 Å². The highest BCUT2D eigenvalue weighted by atomic mass is 35.5. The van der Waals surface area contributed by atoms with E-state index < -0.39 is 0 Å². The van der Waals surface area contributed by atoms with Crippen LogP contribution < -0.4 is 16.2 Å². The highest BCUT2D eigenvalue weighted by Crippen LogP contribution is 2.31. The Kier molecular flexibility index (Phi) is 8.25. The first-order valence-electron chi connectivity index (χ1n) is 9.61. The van der Waals surface area contributed by atoms with E-state index in [1.54, 1.807) is 6.20 Å². The number of halogens is 1. The summed E-state index contributed by atoms with van der Waals surface area (Å²) in [7, 11) is 0. The number of rotatable bonds is 10. The molecule has 0 amide bonds. The molecule has 6 nitrogen and oxygen atoms in total. The maximum Gasteiger partial charge on any atom is 0.285 e. The molecule has 3 N–H and O–H groups in total. The van der Waals surface area contributed by atoms with Gasteiger partial charge in [0.15, 0.2) is 0 Å². The van der Waals surface area contributed by atoms with Crippen molar-refractivity contribution in [2.45, 2.75) is 46.0 Å². The lowest BCUT2D eigenvalue weighted by Crippen LogP contribution is -2.32. The summed E-state index contributed by atoms with van der Waals surface area (Å²) in [5.74, 6) is 0.966. The van der Waals surface area contributed by atoms with Crippen LogP contribution in [0, 0.1) is 5.92 Å². The van der Waals surface area contributed by atoms with E-state index in [0.29, 0.717) is 30.6 Å². The molecule has 27 heavy (non-hydrogen) atoms. The van der Waals surface area contributed by atoms with Crippen molar-refractivity contribution in [2.24, 2.45) is 11.7 Å². The first-order chi connectivity index (χ1) is 13.0. The molecule has 0 bridgehead atoms. The van der Waals surface area contributed by atoms with Gasteiger partial charge in [-0.15, -0.1) is 0 Å². The average Bonchev–Trinajstić information content (AvgIpc) is 2.66. The zero-order valence-electron chi connectivity index (χ0n) is 16.4. The van der Waals surface area contributed by atoms with Crippen LogP contribution in [0.1, 0.15) is 50.8 Å². The maximum atomic E-state index is 11.8. The Bertz CT molecular complexity index is 777. The molecule has 0 aliphatic carbocycles. The van der Waals surface area contributed by atoms with E-state index in [1.165, 1.54) is 11.3 Å². The van der Waals surface area contributed by atoms with Crippen LogP contribution in [0.4, 0.5) is 5.69 Å². The predicted molar refractivity (Wildman–Crippen MR) is 112 cm³/mol. The Morgan fingerprint density at radius 2 is 2.11 bits per heavy atom. The van der Waals surface area contributed by atoms with E-state index in [0.717, 1.165) is 25.8 Å². The van der Waals surface area contributed by atoms with E-state index >= 15 is 0 Å². The molecule has 0 radical (unpaired) electrons. The number of nitrogens with two attached hydrogens (primary N) is 1. The summed E-state index contributed by atoms with van der Waals surface area (Å²) in [5, 5.41) is 6.40. The third-order valence-corrected chi connectivity index (χ3v) is 5.29. The molecule has 1 atom stereocenters. The second-order valence-corrected chi connectivity index (χ2v) is 7.44. The number of anilines is 1. The van der Waals surface area contributed by atoms with Crippen LogP contribution in [0.25, 0.3) is 0 Å². The zero-order valence-corrected chi connectivity index (χ0v) is 17.2.